The molecular formula is C14H17N3OS. The van der Waals surface area contributed by atoms with Gasteiger partial charge in [0.1, 0.15) is 16.8 Å². The van der Waals surface area contributed by atoms with E-state index in [0.29, 0.717) is 11.3 Å². The third kappa shape index (κ3) is 2.49. The summed E-state index contributed by atoms with van der Waals surface area (Å²) in [5.41, 5.74) is -0.426. The van der Waals surface area contributed by atoms with Crippen LogP contribution in [0.2, 0.25) is 0 Å². The van der Waals surface area contributed by atoms with Crippen molar-refractivity contribution in [2.75, 3.05) is 7.05 Å². The first-order valence-electron chi connectivity index (χ1n) is 6.25. The van der Waals surface area contributed by atoms with Crippen LogP contribution in [0.25, 0.3) is 0 Å². The molecule has 2 heterocycles. The monoisotopic (exact) mass is 275 g/mol. The fourth-order valence-electron chi connectivity index (χ4n) is 2.19. The number of amides is 1. The summed E-state index contributed by atoms with van der Waals surface area (Å²) >= 11 is 1.44. The van der Waals surface area contributed by atoms with Crippen LogP contribution in [0.1, 0.15) is 36.4 Å². The van der Waals surface area contributed by atoms with Crippen molar-refractivity contribution in [3.63, 3.8) is 0 Å². The van der Waals surface area contributed by atoms with Crippen molar-refractivity contribution in [1.82, 2.24) is 10.2 Å². The lowest BCUT2D eigenvalue weighted by Crippen LogP contribution is -2.52. The van der Waals surface area contributed by atoms with Crippen LogP contribution in [0.4, 0.5) is 0 Å². The Labute approximate surface area is 117 Å². The minimum Gasteiger partial charge on any atom is -0.361 e. The fourth-order valence-corrected chi connectivity index (χ4v) is 3.09. The van der Waals surface area contributed by atoms with E-state index in [0.717, 1.165) is 17.1 Å². The summed E-state index contributed by atoms with van der Waals surface area (Å²) in [6.45, 7) is 4.05. The quantitative estimate of drug-likeness (QED) is 0.902. The molecule has 0 saturated carbocycles. The Bertz CT molecular complexity index is 569. The van der Waals surface area contributed by atoms with E-state index in [9.17, 15) is 4.79 Å². The van der Waals surface area contributed by atoms with Crippen LogP contribution in [0.15, 0.2) is 24.0 Å². The number of rotatable bonds is 2. The summed E-state index contributed by atoms with van der Waals surface area (Å²) < 4.78 is 0. The lowest BCUT2D eigenvalue weighted by atomic mass is 9.92. The van der Waals surface area contributed by atoms with E-state index in [1.54, 1.807) is 18.0 Å². The van der Waals surface area contributed by atoms with Crippen molar-refractivity contribution in [2.45, 2.75) is 32.2 Å². The second-order valence-corrected chi connectivity index (χ2v) is 5.94. The molecule has 1 N–H and O–H groups in total. The molecule has 19 heavy (non-hydrogen) atoms. The Morgan fingerprint density at radius 3 is 2.95 bits per heavy atom. The first kappa shape index (κ1) is 13.6. The van der Waals surface area contributed by atoms with Gasteiger partial charge in [-0.1, -0.05) is 6.92 Å². The molecule has 0 aromatic carbocycles. The number of hydrogen-bond acceptors (Lipinski definition) is 4. The smallest absolute Gasteiger partial charge is 0.230 e. The molecule has 1 fully saturated rings. The van der Waals surface area contributed by atoms with Crippen LogP contribution in [-0.2, 0) is 10.3 Å². The lowest BCUT2D eigenvalue weighted by molar-refractivity contribution is -0.132. The van der Waals surface area contributed by atoms with Crippen molar-refractivity contribution in [1.29, 1.82) is 5.26 Å². The van der Waals surface area contributed by atoms with Gasteiger partial charge < -0.3 is 10.2 Å². The highest BCUT2D eigenvalue weighted by molar-refractivity contribution is 7.12. The molecule has 0 spiro atoms. The third-order valence-electron chi connectivity index (χ3n) is 3.30. The molecular weight excluding hydrogens is 258 g/mol. The van der Waals surface area contributed by atoms with E-state index < -0.39 is 5.54 Å². The standard InChI is InChI=1S/C14H17N3OS/c1-4-5-12-16-14(2,8-13(18)17(12)3)11-7-6-10(9-15)19-11/h5-7,16H,4,8H2,1-3H3/b12-5-/t14-/m0/s1. The van der Waals surface area contributed by atoms with Gasteiger partial charge in [-0.15, -0.1) is 11.3 Å². The van der Waals surface area contributed by atoms with E-state index >= 15 is 0 Å². The number of hydrogen-bond donors (Lipinski definition) is 1. The predicted octanol–water partition coefficient (Wildman–Crippen LogP) is 2.54. The van der Waals surface area contributed by atoms with Gasteiger partial charge in [0, 0.05) is 11.9 Å². The van der Waals surface area contributed by atoms with Crippen molar-refractivity contribution in [2.24, 2.45) is 0 Å². The number of carbonyl (C=O) groups excluding carboxylic acids is 1. The van der Waals surface area contributed by atoms with Gasteiger partial charge in [0.15, 0.2) is 0 Å². The van der Waals surface area contributed by atoms with Gasteiger partial charge in [0.2, 0.25) is 5.91 Å². The number of nitrogens with zero attached hydrogens (tertiary/aromatic N) is 2. The molecule has 1 aromatic heterocycles. The number of allylic oxidation sites excluding steroid dienone is 1. The zero-order chi connectivity index (χ0) is 14.0. The Morgan fingerprint density at radius 1 is 1.63 bits per heavy atom. The summed E-state index contributed by atoms with van der Waals surface area (Å²) in [5.74, 6) is 0.931. The second-order valence-electron chi connectivity index (χ2n) is 4.86. The molecule has 100 valence electrons. The molecule has 0 unspecified atom stereocenters. The number of nitrogens with one attached hydrogen (secondary N) is 1. The topological polar surface area (TPSA) is 56.1 Å². The van der Waals surface area contributed by atoms with Gasteiger partial charge in [-0.25, -0.2) is 0 Å². The molecule has 1 aliphatic rings. The van der Waals surface area contributed by atoms with Gasteiger partial charge in [-0.2, -0.15) is 5.26 Å². The Balaban J connectivity index is 2.36. The summed E-state index contributed by atoms with van der Waals surface area (Å²) in [6, 6.07) is 5.87. The van der Waals surface area contributed by atoms with Crippen molar-refractivity contribution in [3.05, 3.63) is 33.8 Å². The molecule has 1 saturated heterocycles. The first-order chi connectivity index (χ1) is 9.00. The van der Waals surface area contributed by atoms with Gasteiger partial charge in [0.25, 0.3) is 0 Å². The van der Waals surface area contributed by atoms with E-state index in [1.165, 1.54) is 11.3 Å². The van der Waals surface area contributed by atoms with Gasteiger partial charge in [-0.05, 0) is 31.6 Å². The average Bonchev–Trinajstić information content (AvgIpc) is 2.85. The second kappa shape index (κ2) is 5.06. The van der Waals surface area contributed by atoms with Crippen LogP contribution in [0.5, 0.6) is 0 Å². The SMILES string of the molecule is CC/C=C1/N[C@](C)(c2ccc(C#N)s2)CC(=O)N1C. The van der Waals surface area contributed by atoms with Crippen molar-refractivity contribution in [3.8, 4) is 6.07 Å². The van der Waals surface area contributed by atoms with Gasteiger partial charge in [0.05, 0.1) is 12.0 Å². The maximum Gasteiger partial charge on any atom is 0.230 e. The van der Waals surface area contributed by atoms with Gasteiger partial charge >= 0.3 is 0 Å². The third-order valence-corrected chi connectivity index (χ3v) is 4.56. The summed E-state index contributed by atoms with van der Waals surface area (Å²) in [7, 11) is 1.78. The normalized spacial score (nSPS) is 25.3. The first-order valence-corrected chi connectivity index (χ1v) is 7.07. The number of thiophene rings is 1. The lowest BCUT2D eigenvalue weighted by Gasteiger charge is -2.40. The molecule has 5 heteroatoms. The molecule has 2 rings (SSSR count). The molecule has 1 aromatic rings. The van der Waals surface area contributed by atoms with Crippen LogP contribution in [0.3, 0.4) is 0 Å². The largest absolute Gasteiger partial charge is 0.361 e. The summed E-state index contributed by atoms with van der Waals surface area (Å²) in [4.78, 5) is 15.5. The highest BCUT2D eigenvalue weighted by Gasteiger charge is 2.38. The van der Waals surface area contributed by atoms with Crippen LogP contribution >= 0.6 is 11.3 Å². The summed E-state index contributed by atoms with van der Waals surface area (Å²) in [5, 5.41) is 12.3. The average molecular weight is 275 g/mol. The highest BCUT2D eigenvalue weighted by Crippen LogP contribution is 2.35. The maximum absolute atomic E-state index is 12.1. The Hall–Kier alpha value is -1.80. The highest BCUT2D eigenvalue weighted by atomic mass is 32.1. The van der Waals surface area contributed by atoms with Crippen LogP contribution in [-0.4, -0.2) is 17.9 Å². The number of carbonyl (C=O) groups is 1. The predicted molar refractivity (Wildman–Crippen MR) is 75.3 cm³/mol. The molecule has 1 atom stereocenters. The fraction of sp³-hybridized carbons (Fsp3) is 0.429. The minimum absolute atomic E-state index is 0.0906. The zero-order valence-corrected chi connectivity index (χ0v) is 12.2. The minimum atomic E-state index is -0.426. The molecule has 0 bridgehead atoms. The van der Waals surface area contributed by atoms with E-state index in [1.807, 2.05) is 26.0 Å². The van der Waals surface area contributed by atoms with E-state index in [-0.39, 0.29) is 5.91 Å². The van der Waals surface area contributed by atoms with Crippen LogP contribution < -0.4 is 5.32 Å². The van der Waals surface area contributed by atoms with Crippen LogP contribution in [0, 0.1) is 11.3 Å². The van der Waals surface area contributed by atoms with E-state index in [2.05, 4.69) is 11.4 Å². The number of nitriles is 1. The van der Waals surface area contributed by atoms with Gasteiger partial charge in [-0.3, -0.25) is 4.79 Å². The molecule has 1 aliphatic heterocycles. The Morgan fingerprint density at radius 2 is 2.37 bits per heavy atom. The molecule has 1 amide bonds. The summed E-state index contributed by atoms with van der Waals surface area (Å²) in [6.07, 6.45) is 3.27. The molecule has 4 nitrogen and oxygen atoms in total. The zero-order valence-electron chi connectivity index (χ0n) is 11.4. The van der Waals surface area contributed by atoms with E-state index in [4.69, 9.17) is 5.26 Å². The maximum atomic E-state index is 12.1. The van der Waals surface area contributed by atoms with Crippen molar-refractivity contribution >= 4 is 17.2 Å². The molecule has 0 radical (unpaired) electrons. The molecule has 0 aliphatic carbocycles. The Kier molecular flexibility index (Phi) is 3.63. The van der Waals surface area contributed by atoms with Crippen molar-refractivity contribution < 1.29 is 4.79 Å².